The van der Waals surface area contributed by atoms with Gasteiger partial charge in [0.2, 0.25) is 0 Å². The molecule has 0 saturated carbocycles. The summed E-state index contributed by atoms with van der Waals surface area (Å²) in [5.41, 5.74) is 0.509. The molecule has 21 heavy (non-hydrogen) atoms. The number of nitrogens with zero attached hydrogens (tertiary/aromatic N) is 1. The molecule has 6 heteroatoms. The summed E-state index contributed by atoms with van der Waals surface area (Å²) in [5.74, 6) is -0.0261. The highest BCUT2D eigenvalue weighted by Crippen LogP contribution is 2.28. The van der Waals surface area contributed by atoms with Crippen LogP contribution < -0.4 is 10.3 Å². The number of nitrogens with one attached hydrogen (secondary N) is 1. The summed E-state index contributed by atoms with van der Waals surface area (Å²) in [6, 6.07) is 4.45. The lowest BCUT2D eigenvalue weighted by Gasteiger charge is -2.19. The first kappa shape index (κ1) is 15.7. The Morgan fingerprint density at radius 2 is 2.00 bits per heavy atom. The fourth-order valence-corrected chi connectivity index (χ4v) is 2.69. The largest absolute Gasteiger partial charge is 0.494 e. The molecule has 112 valence electrons. The van der Waals surface area contributed by atoms with Crippen molar-refractivity contribution >= 4 is 15.9 Å². The molecule has 1 N–H and O–H groups in total. The lowest BCUT2D eigenvalue weighted by atomic mass is 9.92. The van der Waals surface area contributed by atoms with Crippen molar-refractivity contribution in [2.75, 3.05) is 7.11 Å². The third kappa shape index (κ3) is 3.15. The zero-order chi connectivity index (χ0) is 15.8. The van der Waals surface area contributed by atoms with Crippen molar-refractivity contribution in [2.45, 2.75) is 26.2 Å². The minimum Gasteiger partial charge on any atom is -0.494 e. The maximum Gasteiger partial charge on any atom is 0.265 e. The second-order valence-corrected chi connectivity index (χ2v) is 6.47. The van der Waals surface area contributed by atoms with E-state index >= 15 is 0 Å². The average molecular weight is 355 g/mol. The number of halogens is 2. The second kappa shape index (κ2) is 5.60. The predicted octanol–water partition coefficient (Wildman–Crippen LogP) is 3.64. The van der Waals surface area contributed by atoms with Crippen LogP contribution in [0.1, 0.15) is 26.5 Å². The monoisotopic (exact) mass is 354 g/mol. The van der Waals surface area contributed by atoms with Crippen LogP contribution in [0.3, 0.4) is 0 Å². The Morgan fingerprint density at radius 3 is 2.52 bits per heavy atom. The van der Waals surface area contributed by atoms with Crippen LogP contribution in [-0.2, 0) is 5.41 Å². The van der Waals surface area contributed by atoms with Crippen LogP contribution in [0, 0.1) is 5.82 Å². The fraction of sp³-hybridized carbons (Fsp3) is 0.333. The number of ether oxygens (including phenoxy) is 1. The Morgan fingerprint density at radius 1 is 1.33 bits per heavy atom. The first-order valence-corrected chi connectivity index (χ1v) is 7.17. The van der Waals surface area contributed by atoms with Gasteiger partial charge in [-0.15, -0.1) is 0 Å². The van der Waals surface area contributed by atoms with E-state index in [4.69, 9.17) is 4.74 Å². The fourth-order valence-electron chi connectivity index (χ4n) is 1.91. The summed E-state index contributed by atoms with van der Waals surface area (Å²) >= 11 is 3.26. The molecule has 4 nitrogen and oxygen atoms in total. The van der Waals surface area contributed by atoms with Crippen molar-refractivity contribution in [3.8, 4) is 17.1 Å². The molecule has 0 radical (unpaired) electrons. The topological polar surface area (TPSA) is 55.0 Å². The number of aromatic nitrogens is 2. The van der Waals surface area contributed by atoms with Gasteiger partial charge in [0, 0.05) is 11.0 Å². The first-order valence-electron chi connectivity index (χ1n) is 6.38. The molecule has 0 aliphatic heterocycles. The van der Waals surface area contributed by atoms with Crippen LogP contribution in [-0.4, -0.2) is 17.1 Å². The van der Waals surface area contributed by atoms with Gasteiger partial charge in [-0.05, 0) is 34.1 Å². The van der Waals surface area contributed by atoms with Crippen LogP contribution in [0.15, 0.2) is 27.5 Å². The summed E-state index contributed by atoms with van der Waals surface area (Å²) in [7, 11) is 1.40. The molecule has 0 bridgehead atoms. The molecule has 1 heterocycles. The minimum absolute atomic E-state index is 0.147. The second-order valence-electron chi connectivity index (χ2n) is 5.68. The Balaban J connectivity index is 2.63. The molecule has 0 spiro atoms. The van der Waals surface area contributed by atoms with Crippen LogP contribution in [0.5, 0.6) is 5.75 Å². The van der Waals surface area contributed by atoms with Gasteiger partial charge in [-0.1, -0.05) is 20.8 Å². The van der Waals surface area contributed by atoms with E-state index in [1.165, 1.54) is 19.2 Å². The highest BCUT2D eigenvalue weighted by atomic mass is 79.9. The van der Waals surface area contributed by atoms with Gasteiger partial charge in [-0.2, -0.15) is 0 Å². The first-order chi connectivity index (χ1) is 9.74. The van der Waals surface area contributed by atoms with Gasteiger partial charge in [0.1, 0.15) is 10.3 Å². The molecule has 0 aliphatic carbocycles. The molecule has 2 rings (SSSR count). The van der Waals surface area contributed by atoms with Crippen molar-refractivity contribution in [3.63, 3.8) is 0 Å². The van der Waals surface area contributed by atoms with Crippen LogP contribution in [0.25, 0.3) is 11.4 Å². The molecular weight excluding hydrogens is 339 g/mol. The zero-order valence-electron chi connectivity index (χ0n) is 12.3. The zero-order valence-corrected chi connectivity index (χ0v) is 13.8. The van der Waals surface area contributed by atoms with E-state index in [0.717, 1.165) is 0 Å². The SMILES string of the molecule is COc1ccc(-c2nc(C(C)(C)C)c(Br)c(=O)[nH]2)cc1F. The van der Waals surface area contributed by atoms with E-state index in [0.29, 0.717) is 21.6 Å². The van der Waals surface area contributed by atoms with Gasteiger partial charge in [0.25, 0.3) is 5.56 Å². The average Bonchev–Trinajstić information content (AvgIpc) is 2.40. The van der Waals surface area contributed by atoms with Crippen molar-refractivity contribution in [3.05, 3.63) is 44.5 Å². The molecule has 2 aromatic rings. The molecule has 0 fully saturated rings. The Labute approximate surface area is 130 Å². The van der Waals surface area contributed by atoms with E-state index in [1.54, 1.807) is 6.07 Å². The lowest BCUT2D eigenvalue weighted by Crippen LogP contribution is -2.22. The van der Waals surface area contributed by atoms with Gasteiger partial charge in [-0.3, -0.25) is 4.79 Å². The number of hydrogen-bond donors (Lipinski definition) is 1. The van der Waals surface area contributed by atoms with Gasteiger partial charge in [0.15, 0.2) is 11.6 Å². The third-order valence-electron chi connectivity index (χ3n) is 3.00. The lowest BCUT2D eigenvalue weighted by molar-refractivity contribution is 0.386. The number of hydrogen-bond acceptors (Lipinski definition) is 3. The summed E-state index contributed by atoms with van der Waals surface area (Å²) in [5, 5.41) is 0. The van der Waals surface area contributed by atoms with Crippen molar-refractivity contribution in [1.29, 1.82) is 0 Å². The quantitative estimate of drug-likeness (QED) is 0.895. The predicted molar refractivity (Wildman–Crippen MR) is 83.2 cm³/mol. The van der Waals surface area contributed by atoms with Gasteiger partial charge >= 0.3 is 0 Å². The third-order valence-corrected chi connectivity index (χ3v) is 3.73. The number of methoxy groups -OCH3 is 1. The van der Waals surface area contributed by atoms with Crippen molar-refractivity contribution in [2.24, 2.45) is 0 Å². The van der Waals surface area contributed by atoms with E-state index in [1.807, 2.05) is 20.8 Å². The molecule has 0 atom stereocenters. The van der Waals surface area contributed by atoms with E-state index < -0.39 is 5.82 Å². The standard InChI is InChI=1S/C15H16BrFN2O2/c1-15(2,3)12-11(16)14(20)19-13(18-12)8-5-6-10(21-4)9(17)7-8/h5-7H,1-4H3,(H,18,19,20). The molecule has 0 saturated heterocycles. The molecule has 0 amide bonds. The Hall–Kier alpha value is -1.69. The highest BCUT2D eigenvalue weighted by molar-refractivity contribution is 9.10. The normalized spacial score (nSPS) is 11.5. The molecule has 1 aromatic carbocycles. The highest BCUT2D eigenvalue weighted by Gasteiger charge is 2.22. The molecule has 1 aromatic heterocycles. The minimum atomic E-state index is -0.502. The maximum absolute atomic E-state index is 13.8. The van der Waals surface area contributed by atoms with Crippen LogP contribution in [0.2, 0.25) is 0 Å². The summed E-state index contributed by atoms with van der Waals surface area (Å²) in [4.78, 5) is 19.1. The van der Waals surface area contributed by atoms with Crippen molar-refractivity contribution in [1.82, 2.24) is 9.97 Å². The van der Waals surface area contributed by atoms with Gasteiger partial charge in [-0.25, -0.2) is 9.37 Å². The van der Waals surface area contributed by atoms with Crippen LogP contribution >= 0.6 is 15.9 Å². The summed E-state index contributed by atoms with van der Waals surface area (Å²) in [6.45, 7) is 5.87. The van der Waals surface area contributed by atoms with E-state index in [2.05, 4.69) is 25.9 Å². The summed E-state index contributed by atoms with van der Waals surface area (Å²) in [6.07, 6.45) is 0. The van der Waals surface area contributed by atoms with Gasteiger partial charge < -0.3 is 9.72 Å². The Kier molecular flexibility index (Phi) is 4.18. The smallest absolute Gasteiger partial charge is 0.265 e. The molecule has 0 unspecified atom stereocenters. The van der Waals surface area contributed by atoms with Crippen molar-refractivity contribution < 1.29 is 9.13 Å². The number of benzene rings is 1. The number of aromatic amines is 1. The van der Waals surface area contributed by atoms with E-state index in [-0.39, 0.29) is 16.7 Å². The van der Waals surface area contributed by atoms with E-state index in [9.17, 15) is 9.18 Å². The van der Waals surface area contributed by atoms with Crippen LogP contribution in [0.4, 0.5) is 4.39 Å². The molecule has 0 aliphatic rings. The van der Waals surface area contributed by atoms with Gasteiger partial charge in [0.05, 0.1) is 12.8 Å². The number of H-pyrrole nitrogens is 1. The number of rotatable bonds is 2. The molecular formula is C15H16BrFN2O2. The Bertz CT molecular complexity index is 735. The maximum atomic E-state index is 13.8. The summed E-state index contributed by atoms with van der Waals surface area (Å²) < 4.78 is 19.1.